The predicted octanol–water partition coefficient (Wildman–Crippen LogP) is 2.07. The maximum atomic E-state index is 11.7. The fourth-order valence-corrected chi connectivity index (χ4v) is 1.12. The van der Waals surface area contributed by atoms with Gasteiger partial charge in [0, 0.05) is 10.7 Å². The van der Waals surface area contributed by atoms with Crippen LogP contribution in [0.2, 0.25) is 0 Å². The Morgan fingerprint density at radius 1 is 1.57 bits per heavy atom. The molecule has 3 nitrogen and oxygen atoms in total. The lowest BCUT2D eigenvalue weighted by molar-refractivity contribution is -0.123. The van der Waals surface area contributed by atoms with Crippen molar-refractivity contribution in [1.29, 1.82) is 0 Å². The van der Waals surface area contributed by atoms with Gasteiger partial charge >= 0.3 is 6.18 Å². The number of alkyl halides is 3. The number of aromatic amines is 1. The lowest BCUT2D eigenvalue weighted by Gasteiger charge is -2.06. The van der Waals surface area contributed by atoms with Crippen molar-refractivity contribution in [2.45, 2.75) is 6.18 Å². The molecular weight excluding hydrogens is 265 g/mol. The zero-order valence-corrected chi connectivity index (χ0v) is 8.37. The Morgan fingerprint density at radius 3 is 2.64 bits per heavy atom. The first kappa shape index (κ1) is 11.1. The quantitative estimate of drug-likeness (QED) is 0.849. The number of nitrogens with one attached hydrogen (secondary N) is 2. The molecule has 14 heavy (non-hydrogen) atoms. The highest BCUT2D eigenvalue weighted by molar-refractivity contribution is 9.10. The summed E-state index contributed by atoms with van der Waals surface area (Å²) in [5, 5.41) is 1.74. The van der Waals surface area contributed by atoms with E-state index in [0.717, 1.165) is 0 Å². The first-order chi connectivity index (χ1) is 6.38. The van der Waals surface area contributed by atoms with Crippen LogP contribution in [0.5, 0.6) is 0 Å². The molecule has 1 rings (SSSR count). The van der Waals surface area contributed by atoms with E-state index < -0.39 is 18.6 Å². The second-order valence-corrected chi connectivity index (χ2v) is 3.45. The molecule has 0 atom stereocenters. The number of H-pyrrole nitrogens is 1. The van der Waals surface area contributed by atoms with E-state index in [-0.39, 0.29) is 5.69 Å². The number of halogens is 4. The molecule has 0 radical (unpaired) electrons. The van der Waals surface area contributed by atoms with Gasteiger partial charge in [-0.1, -0.05) is 0 Å². The molecule has 1 aromatic heterocycles. The summed E-state index contributed by atoms with van der Waals surface area (Å²) in [5.74, 6) is -0.784. The summed E-state index contributed by atoms with van der Waals surface area (Å²) < 4.78 is 35.7. The highest BCUT2D eigenvalue weighted by atomic mass is 79.9. The van der Waals surface area contributed by atoms with Crippen LogP contribution in [0.3, 0.4) is 0 Å². The molecule has 0 saturated heterocycles. The molecule has 1 heterocycles. The molecular formula is C7H6BrF3N2O. The van der Waals surface area contributed by atoms with Gasteiger partial charge in [0.15, 0.2) is 0 Å². The standard InChI is InChI=1S/C7H6BrF3N2O/c8-4-1-5(12-2-4)6(14)13-3-7(9,10)11/h1-2,12H,3H2,(H,13,14). The molecule has 2 N–H and O–H groups in total. The molecule has 0 saturated carbocycles. The number of aromatic nitrogens is 1. The predicted molar refractivity (Wildman–Crippen MR) is 46.9 cm³/mol. The van der Waals surface area contributed by atoms with E-state index in [1.807, 2.05) is 0 Å². The minimum atomic E-state index is -4.39. The van der Waals surface area contributed by atoms with Crippen molar-refractivity contribution in [3.8, 4) is 0 Å². The molecule has 1 amide bonds. The van der Waals surface area contributed by atoms with Crippen molar-refractivity contribution in [1.82, 2.24) is 10.3 Å². The third kappa shape index (κ3) is 3.41. The number of carbonyl (C=O) groups excluding carboxylic acids is 1. The normalized spacial score (nSPS) is 11.4. The smallest absolute Gasteiger partial charge is 0.356 e. The highest BCUT2D eigenvalue weighted by Crippen LogP contribution is 2.13. The van der Waals surface area contributed by atoms with Gasteiger partial charge in [-0.25, -0.2) is 0 Å². The zero-order chi connectivity index (χ0) is 10.8. The summed E-state index contributed by atoms with van der Waals surface area (Å²) in [6.45, 7) is -1.33. The molecule has 0 aliphatic carbocycles. The van der Waals surface area contributed by atoms with Crippen LogP contribution < -0.4 is 5.32 Å². The van der Waals surface area contributed by atoms with Crippen LogP contribution >= 0.6 is 15.9 Å². The molecule has 7 heteroatoms. The van der Waals surface area contributed by atoms with Crippen LogP contribution in [0, 0.1) is 0 Å². The van der Waals surface area contributed by atoms with Crippen LogP contribution in [0.4, 0.5) is 13.2 Å². The molecule has 1 aromatic rings. The fraction of sp³-hybridized carbons (Fsp3) is 0.286. The van der Waals surface area contributed by atoms with Gasteiger partial charge in [-0.2, -0.15) is 13.2 Å². The maximum Gasteiger partial charge on any atom is 0.405 e. The van der Waals surface area contributed by atoms with E-state index in [2.05, 4.69) is 20.9 Å². The molecule has 0 bridgehead atoms. The van der Waals surface area contributed by atoms with Crippen LogP contribution in [0.25, 0.3) is 0 Å². The number of hydrogen-bond donors (Lipinski definition) is 2. The third-order valence-corrected chi connectivity index (χ3v) is 1.80. The van der Waals surface area contributed by atoms with Gasteiger partial charge in [0.2, 0.25) is 0 Å². The maximum absolute atomic E-state index is 11.7. The monoisotopic (exact) mass is 270 g/mol. The molecule has 0 fully saturated rings. The summed E-state index contributed by atoms with van der Waals surface area (Å²) in [6, 6.07) is 1.39. The van der Waals surface area contributed by atoms with Crippen LogP contribution in [-0.4, -0.2) is 23.6 Å². The van der Waals surface area contributed by atoms with Crippen LogP contribution in [0.1, 0.15) is 10.5 Å². The van der Waals surface area contributed by atoms with E-state index in [4.69, 9.17) is 0 Å². The Morgan fingerprint density at radius 2 is 2.21 bits per heavy atom. The number of hydrogen-bond acceptors (Lipinski definition) is 1. The fourth-order valence-electron chi connectivity index (χ4n) is 0.775. The van der Waals surface area contributed by atoms with Crippen LogP contribution in [-0.2, 0) is 0 Å². The van der Waals surface area contributed by atoms with Gasteiger partial charge in [0.05, 0.1) is 0 Å². The SMILES string of the molecule is O=C(NCC(F)(F)F)c1cc(Br)c[nH]1. The largest absolute Gasteiger partial charge is 0.405 e. The summed E-state index contributed by atoms with van der Waals surface area (Å²) in [4.78, 5) is 13.6. The summed E-state index contributed by atoms with van der Waals surface area (Å²) >= 11 is 3.06. The van der Waals surface area contributed by atoms with E-state index >= 15 is 0 Å². The van der Waals surface area contributed by atoms with Crippen molar-refractivity contribution in [3.63, 3.8) is 0 Å². The van der Waals surface area contributed by atoms with Crippen molar-refractivity contribution >= 4 is 21.8 Å². The Labute approximate surface area is 85.8 Å². The minimum absolute atomic E-state index is 0.0844. The first-order valence-electron chi connectivity index (χ1n) is 3.57. The third-order valence-electron chi connectivity index (χ3n) is 1.34. The molecule has 0 unspecified atom stereocenters. The summed E-state index contributed by atoms with van der Waals surface area (Å²) in [5.41, 5.74) is 0.0844. The van der Waals surface area contributed by atoms with Crippen molar-refractivity contribution in [3.05, 3.63) is 22.4 Å². The van der Waals surface area contributed by atoms with Gasteiger partial charge in [0.1, 0.15) is 12.2 Å². The first-order valence-corrected chi connectivity index (χ1v) is 4.36. The van der Waals surface area contributed by atoms with Gasteiger partial charge in [-0.05, 0) is 22.0 Å². The number of rotatable bonds is 2. The zero-order valence-electron chi connectivity index (χ0n) is 6.78. The second kappa shape index (κ2) is 4.04. The summed E-state index contributed by atoms with van der Waals surface area (Å²) in [7, 11) is 0. The van der Waals surface area contributed by atoms with Crippen molar-refractivity contribution in [2.24, 2.45) is 0 Å². The molecule has 0 aromatic carbocycles. The van der Waals surface area contributed by atoms with E-state index in [1.165, 1.54) is 12.3 Å². The highest BCUT2D eigenvalue weighted by Gasteiger charge is 2.28. The Kier molecular flexibility index (Phi) is 3.20. The topological polar surface area (TPSA) is 44.9 Å². The number of amides is 1. The minimum Gasteiger partial charge on any atom is -0.356 e. The van der Waals surface area contributed by atoms with E-state index in [9.17, 15) is 18.0 Å². The van der Waals surface area contributed by atoms with E-state index in [0.29, 0.717) is 4.47 Å². The Bertz CT molecular complexity index is 334. The lowest BCUT2D eigenvalue weighted by atomic mass is 10.4. The molecule has 0 aliphatic heterocycles. The molecule has 0 aliphatic rings. The Balaban J connectivity index is 2.52. The van der Waals surface area contributed by atoms with Gasteiger partial charge in [0.25, 0.3) is 5.91 Å². The average Bonchev–Trinajstić information content (AvgIpc) is 2.46. The molecule has 78 valence electrons. The van der Waals surface area contributed by atoms with Crippen LogP contribution in [0.15, 0.2) is 16.7 Å². The second-order valence-electron chi connectivity index (χ2n) is 2.53. The van der Waals surface area contributed by atoms with Crippen molar-refractivity contribution < 1.29 is 18.0 Å². The van der Waals surface area contributed by atoms with Gasteiger partial charge in [-0.3, -0.25) is 4.79 Å². The number of carbonyl (C=O) groups is 1. The Hall–Kier alpha value is -0.980. The van der Waals surface area contributed by atoms with Gasteiger partial charge in [-0.15, -0.1) is 0 Å². The molecule has 0 spiro atoms. The van der Waals surface area contributed by atoms with E-state index in [1.54, 1.807) is 5.32 Å². The average molecular weight is 271 g/mol. The van der Waals surface area contributed by atoms with Crippen molar-refractivity contribution in [2.75, 3.05) is 6.54 Å². The summed E-state index contributed by atoms with van der Waals surface area (Å²) in [6.07, 6.45) is -2.93. The van der Waals surface area contributed by atoms with Gasteiger partial charge < -0.3 is 10.3 Å². The lowest BCUT2D eigenvalue weighted by Crippen LogP contribution is -2.33.